The minimum Gasteiger partial charge on any atom is -0.444 e. The molecule has 2 aromatic rings. The van der Waals surface area contributed by atoms with Gasteiger partial charge in [0.25, 0.3) is 5.91 Å². The van der Waals surface area contributed by atoms with Gasteiger partial charge in [0.05, 0.1) is 22.8 Å². The number of nitrogens with zero attached hydrogens (tertiary/aromatic N) is 1. The minimum absolute atomic E-state index is 0.0676. The molecule has 0 aliphatic carbocycles. The smallest absolute Gasteiger partial charge is 0.253 e. The van der Waals surface area contributed by atoms with Crippen LogP contribution in [0.5, 0.6) is 0 Å². The fourth-order valence-electron chi connectivity index (χ4n) is 1.46. The number of halogens is 3. The summed E-state index contributed by atoms with van der Waals surface area (Å²) >= 11 is 8.73. The summed E-state index contributed by atoms with van der Waals surface area (Å²) in [6.07, 6.45) is 1.55. The number of hydrogen-bond donors (Lipinski definition) is 1. The van der Waals surface area contributed by atoms with Crippen molar-refractivity contribution in [3.05, 3.63) is 50.9 Å². The molecule has 100 valence electrons. The maximum absolute atomic E-state index is 13.4. The zero-order valence-corrected chi connectivity index (χ0v) is 12.2. The van der Waals surface area contributed by atoms with Crippen molar-refractivity contribution >= 4 is 33.4 Å². The van der Waals surface area contributed by atoms with Crippen LogP contribution in [-0.4, -0.2) is 10.9 Å². The molecule has 2 rings (SSSR count). The van der Waals surface area contributed by atoms with Gasteiger partial charge in [-0.15, -0.1) is 0 Å². The minimum atomic E-state index is -0.593. The number of aromatic nitrogens is 1. The molecule has 7 heteroatoms. The molecule has 0 bridgehead atoms. The van der Waals surface area contributed by atoms with E-state index in [1.807, 2.05) is 0 Å². The quantitative estimate of drug-likeness (QED) is 0.865. The van der Waals surface area contributed by atoms with Crippen molar-refractivity contribution in [3.63, 3.8) is 0 Å². The van der Waals surface area contributed by atoms with Gasteiger partial charge in [-0.25, -0.2) is 9.37 Å². The SMILES string of the molecule is Cc1cnc(CNC(=O)c2cc(Cl)cc(F)c2Br)o1. The molecule has 1 aromatic carbocycles. The van der Waals surface area contributed by atoms with Crippen LogP contribution in [0.4, 0.5) is 4.39 Å². The Hall–Kier alpha value is -1.40. The molecule has 0 fully saturated rings. The predicted molar refractivity (Wildman–Crippen MR) is 71.5 cm³/mol. The van der Waals surface area contributed by atoms with Crippen molar-refractivity contribution in [3.8, 4) is 0 Å². The van der Waals surface area contributed by atoms with Crippen LogP contribution >= 0.6 is 27.5 Å². The molecule has 0 aliphatic rings. The van der Waals surface area contributed by atoms with Gasteiger partial charge in [0, 0.05) is 5.02 Å². The first-order chi connectivity index (χ1) is 8.97. The second kappa shape index (κ2) is 5.71. The van der Waals surface area contributed by atoms with Crippen LogP contribution in [0.2, 0.25) is 5.02 Å². The van der Waals surface area contributed by atoms with Crippen LogP contribution in [0, 0.1) is 12.7 Å². The molecule has 0 saturated carbocycles. The van der Waals surface area contributed by atoms with Crippen molar-refractivity contribution < 1.29 is 13.6 Å². The zero-order valence-electron chi connectivity index (χ0n) is 9.84. The molecule has 0 spiro atoms. The monoisotopic (exact) mass is 346 g/mol. The molecule has 1 aromatic heterocycles. The number of carbonyl (C=O) groups is 1. The number of hydrogen-bond acceptors (Lipinski definition) is 3. The number of benzene rings is 1. The van der Waals surface area contributed by atoms with Crippen LogP contribution in [0.15, 0.2) is 27.2 Å². The molecule has 0 saturated heterocycles. The van der Waals surface area contributed by atoms with Gasteiger partial charge in [-0.1, -0.05) is 11.6 Å². The van der Waals surface area contributed by atoms with Crippen LogP contribution in [-0.2, 0) is 6.54 Å². The molecule has 19 heavy (non-hydrogen) atoms. The highest BCUT2D eigenvalue weighted by Gasteiger charge is 2.15. The molecule has 0 radical (unpaired) electrons. The fraction of sp³-hybridized carbons (Fsp3) is 0.167. The predicted octanol–water partition coefficient (Wildman–Crippen LogP) is 3.47. The van der Waals surface area contributed by atoms with E-state index < -0.39 is 11.7 Å². The van der Waals surface area contributed by atoms with E-state index in [2.05, 4.69) is 26.2 Å². The van der Waals surface area contributed by atoms with Crippen molar-refractivity contribution in [1.29, 1.82) is 0 Å². The number of nitrogens with one attached hydrogen (secondary N) is 1. The Bertz CT molecular complexity index is 630. The Labute approximate surface area is 122 Å². The van der Waals surface area contributed by atoms with E-state index >= 15 is 0 Å². The summed E-state index contributed by atoms with van der Waals surface area (Å²) in [5.41, 5.74) is 0.119. The summed E-state index contributed by atoms with van der Waals surface area (Å²) in [7, 11) is 0. The first-order valence-corrected chi connectivity index (χ1v) is 6.48. The molecule has 0 unspecified atom stereocenters. The number of rotatable bonds is 3. The number of aryl methyl sites for hydroxylation is 1. The molecule has 0 aliphatic heterocycles. The lowest BCUT2D eigenvalue weighted by molar-refractivity contribution is 0.0946. The lowest BCUT2D eigenvalue weighted by atomic mass is 10.2. The van der Waals surface area contributed by atoms with Crippen molar-refractivity contribution in [2.45, 2.75) is 13.5 Å². The third kappa shape index (κ3) is 3.33. The Morgan fingerprint density at radius 1 is 1.58 bits per heavy atom. The average Bonchev–Trinajstić information content (AvgIpc) is 2.76. The van der Waals surface area contributed by atoms with Crippen molar-refractivity contribution in [1.82, 2.24) is 10.3 Å². The lowest BCUT2D eigenvalue weighted by Gasteiger charge is -2.06. The fourth-order valence-corrected chi connectivity index (χ4v) is 2.07. The number of oxazole rings is 1. The van der Waals surface area contributed by atoms with Crippen LogP contribution in [0.1, 0.15) is 22.0 Å². The highest BCUT2D eigenvalue weighted by atomic mass is 79.9. The van der Waals surface area contributed by atoms with E-state index in [0.717, 1.165) is 6.07 Å². The number of amides is 1. The molecular formula is C12H9BrClFN2O2. The third-order valence-electron chi connectivity index (χ3n) is 2.31. The third-order valence-corrected chi connectivity index (χ3v) is 3.33. The Morgan fingerprint density at radius 2 is 2.32 bits per heavy atom. The molecule has 1 heterocycles. The Morgan fingerprint density at radius 3 is 2.95 bits per heavy atom. The molecule has 1 N–H and O–H groups in total. The lowest BCUT2D eigenvalue weighted by Crippen LogP contribution is -2.23. The molecule has 0 atom stereocenters. The summed E-state index contributed by atoms with van der Waals surface area (Å²) in [6, 6.07) is 2.50. The second-order valence-corrected chi connectivity index (χ2v) is 5.03. The normalized spacial score (nSPS) is 10.5. The highest BCUT2D eigenvalue weighted by molar-refractivity contribution is 9.10. The maximum atomic E-state index is 13.4. The first kappa shape index (κ1) is 14.0. The molecule has 1 amide bonds. The number of carbonyl (C=O) groups excluding carboxylic acids is 1. The van der Waals surface area contributed by atoms with Crippen LogP contribution in [0.3, 0.4) is 0 Å². The summed E-state index contributed by atoms with van der Waals surface area (Å²) in [5, 5.41) is 2.72. The Balaban J connectivity index is 2.12. The summed E-state index contributed by atoms with van der Waals surface area (Å²) in [4.78, 5) is 15.9. The maximum Gasteiger partial charge on any atom is 0.253 e. The highest BCUT2D eigenvalue weighted by Crippen LogP contribution is 2.25. The van der Waals surface area contributed by atoms with E-state index in [1.165, 1.54) is 6.07 Å². The second-order valence-electron chi connectivity index (χ2n) is 3.80. The zero-order chi connectivity index (χ0) is 14.0. The molecule has 4 nitrogen and oxygen atoms in total. The molecular weight excluding hydrogens is 338 g/mol. The van der Waals surface area contributed by atoms with Crippen LogP contribution in [0.25, 0.3) is 0 Å². The van der Waals surface area contributed by atoms with E-state index in [-0.39, 0.29) is 21.6 Å². The topological polar surface area (TPSA) is 55.1 Å². The van der Waals surface area contributed by atoms with Gasteiger partial charge in [0.1, 0.15) is 11.6 Å². The van der Waals surface area contributed by atoms with Gasteiger partial charge in [-0.2, -0.15) is 0 Å². The summed E-state index contributed by atoms with van der Waals surface area (Å²) in [5.74, 6) is -0.0301. The van der Waals surface area contributed by atoms with Crippen molar-refractivity contribution in [2.75, 3.05) is 0 Å². The van der Waals surface area contributed by atoms with E-state index in [1.54, 1.807) is 13.1 Å². The Kier molecular flexibility index (Phi) is 4.21. The van der Waals surface area contributed by atoms with Crippen LogP contribution < -0.4 is 5.32 Å². The summed E-state index contributed by atoms with van der Waals surface area (Å²) < 4.78 is 18.7. The van der Waals surface area contributed by atoms with Gasteiger partial charge in [0.2, 0.25) is 5.89 Å². The summed E-state index contributed by atoms with van der Waals surface area (Å²) in [6.45, 7) is 1.87. The van der Waals surface area contributed by atoms with Crippen molar-refractivity contribution in [2.24, 2.45) is 0 Å². The standard InChI is InChI=1S/C12H9BrClFN2O2/c1-6-4-16-10(19-6)5-17-12(18)8-2-7(14)3-9(15)11(8)13/h2-4H,5H2,1H3,(H,17,18). The van der Waals surface area contributed by atoms with Gasteiger partial charge in [-0.05, 0) is 35.0 Å². The van der Waals surface area contributed by atoms with E-state index in [4.69, 9.17) is 16.0 Å². The van der Waals surface area contributed by atoms with E-state index in [9.17, 15) is 9.18 Å². The first-order valence-electron chi connectivity index (χ1n) is 5.31. The van der Waals surface area contributed by atoms with Gasteiger partial charge in [-0.3, -0.25) is 4.79 Å². The largest absolute Gasteiger partial charge is 0.444 e. The van der Waals surface area contributed by atoms with Gasteiger partial charge < -0.3 is 9.73 Å². The van der Waals surface area contributed by atoms with Gasteiger partial charge in [0.15, 0.2) is 0 Å². The van der Waals surface area contributed by atoms with E-state index in [0.29, 0.717) is 11.7 Å². The van der Waals surface area contributed by atoms with Gasteiger partial charge >= 0.3 is 0 Å². The average molecular weight is 348 g/mol.